The molecule has 1 aromatic carbocycles. The quantitative estimate of drug-likeness (QED) is 0.865. The lowest BCUT2D eigenvalue weighted by Gasteiger charge is -2.31. The number of amides is 1. The smallest absolute Gasteiger partial charge is 0.260 e. The summed E-state index contributed by atoms with van der Waals surface area (Å²) in [6.07, 6.45) is 3.35. The topological polar surface area (TPSA) is 55.6 Å². The molecular formula is C16H24N2O2. The van der Waals surface area contributed by atoms with Crippen LogP contribution >= 0.6 is 0 Å². The predicted octanol–water partition coefficient (Wildman–Crippen LogP) is 2.04. The molecule has 20 heavy (non-hydrogen) atoms. The summed E-state index contributed by atoms with van der Waals surface area (Å²) in [7, 11) is 0. The second kappa shape index (κ2) is 7.29. The Morgan fingerprint density at radius 3 is 2.75 bits per heavy atom. The van der Waals surface area contributed by atoms with Crippen LogP contribution < -0.4 is 10.5 Å². The first kappa shape index (κ1) is 14.9. The minimum Gasteiger partial charge on any atom is -0.484 e. The molecule has 1 fully saturated rings. The standard InChI is InChI=1S/C16H24N2O2/c1-2-18(15-10-6-7-13(15)11-17)16(19)12-20-14-8-4-3-5-9-14/h3-5,8-9,13,15H,2,6-7,10-12,17H2,1H3. The fourth-order valence-electron chi connectivity index (χ4n) is 3.04. The van der Waals surface area contributed by atoms with Crippen molar-refractivity contribution in [2.75, 3.05) is 19.7 Å². The molecule has 1 aliphatic rings. The van der Waals surface area contributed by atoms with Gasteiger partial charge in [-0.3, -0.25) is 4.79 Å². The van der Waals surface area contributed by atoms with Crippen LogP contribution in [0.4, 0.5) is 0 Å². The Labute approximate surface area is 120 Å². The van der Waals surface area contributed by atoms with Gasteiger partial charge >= 0.3 is 0 Å². The monoisotopic (exact) mass is 276 g/mol. The van der Waals surface area contributed by atoms with Crippen molar-refractivity contribution in [3.05, 3.63) is 30.3 Å². The summed E-state index contributed by atoms with van der Waals surface area (Å²) >= 11 is 0. The number of likely N-dealkylation sites (N-methyl/N-ethyl adjacent to an activating group) is 1. The van der Waals surface area contributed by atoms with Crippen molar-refractivity contribution in [2.45, 2.75) is 32.2 Å². The molecule has 4 heteroatoms. The van der Waals surface area contributed by atoms with Gasteiger partial charge in [0.2, 0.25) is 0 Å². The van der Waals surface area contributed by atoms with E-state index in [1.54, 1.807) is 0 Å². The Balaban J connectivity index is 1.92. The Morgan fingerprint density at radius 1 is 1.35 bits per heavy atom. The van der Waals surface area contributed by atoms with Crippen molar-refractivity contribution in [3.63, 3.8) is 0 Å². The van der Waals surface area contributed by atoms with Gasteiger partial charge in [-0.1, -0.05) is 24.6 Å². The molecule has 1 saturated carbocycles. The van der Waals surface area contributed by atoms with Gasteiger partial charge in [0.1, 0.15) is 5.75 Å². The van der Waals surface area contributed by atoms with Crippen molar-refractivity contribution in [1.82, 2.24) is 4.90 Å². The van der Waals surface area contributed by atoms with Gasteiger partial charge in [-0.15, -0.1) is 0 Å². The molecule has 0 spiro atoms. The number of nitrogens with two attached hydrogens (primary N) is 1. The van der Waals surface area contributed by atoms with Gasteiger partial charge in [-0.05, 0) is 44.4 Å². The Kier molecular flexibility index (Phi) is 5.41. The molecule has 2 rings (SSSR count). The average Bonchev–Trinajstić information content (AvgIpc) is 2.95. The van der Waals surface area contributed by atoms with Gasteiger partial charge in [0.25, 0.3) is 5.91 Å². The van der Waals surface area contributed by atoms with E-state index in [9.17, 15) is 4.79 Å². The molecule has 2 N–H and O–H groups in total. The van der Waals surface area contributed by atoms with E-state index >= 15 is 0 Å². The molecule has 0 aliphatic heterocycles. The number of rotatable bonds is 6. The van der Waals surface area contributed by atoms with Gasteiger partial charge in [-0.2, -0.15) is 0 Å². The van der Waals surface area contributed by atoms with Crippen molar-refractivity contribution in [2.24, 2.45) is 11.7 Å². The zero-order chi connectivity index (χ0) is 14.4. The van der Waals surface area contributed by atoms with Crippen LogP contribution in [0, 0.1) is 5.92 Å². The van der Waals surface area contributed by atoms with Crippen molar-refractivity contribution < 1.29 is 9.53 Å². The van der Waals surface area contributed by atoms with Crippen molar-refractivity contribution >= 4 is 5.91 Å². The summed E-state index contributed by atoms with van der Waals surface area (Å²) in [5.41, 5.74) is 5.81. The maximum Gasteiger partial charge on any atom is 0.260 e. The van der Waals surface area contributed by atoms with E-state index in [-0.39, 0.29) is 18.6 Å². The first-order valence-corrected chi connectivity index (χ1v) is 7.43. The highest BCUT2D eigenvalue weighted by molar-refractivity contribution is 5.78. The van der Waals surface area contributed by atoms with Crippen LogP contribution in [-0.2, 0) is 4.79 Å². The Morgan fingerprint density at radius 2 is 2.10 bits per heavy atom. The number of carbonyl (C=O) groups excluding carboxylic acids is 1. The molecular weight excluding hydrogens is 252 g/mol. The number of hydrogen-bond acceptors (Lipinski definition) is 3. The number of ether oxygens (including phenoxy) is 1. The fraction of sp³-hybridized carbons (Fsp3) is 0.562. The van der Waals surface area contributed by atoms with Gasteiger partial charge < -0.3 is 15.4 Å². The fourth-order valence-corrected chi connectivity index (χ4v) is 3.04. The highest BCUT2D eigenvalue weighted by Crippen LogP contribution is 2.29. The normalized spacial score (nSPS) is 21.7. The molecule has 0 heterocycles. The molecule has 1 aromatic rings. The Bertz CT molecular complexity index is 422. The highest BCUT2D eigenvalue weighted by atomic mass is 16.5. The Hall–Kier alpha value is -1.55. The number of benzene rings is 1. The summed E-state index contributed by atoms with van der Waals surface area (Å²) in [6.45, 7) is 3.50. The van der Waals surface area contributed by atoms with Crippen LogP contribution in [0.25, 0.3) is 0 Å². The third kappa shape index (κ3) is 3.51. The largest absolute Gasteiger partial charge is 0.484 e. The van der Waals surface area contributed by atoms with Crippen molar-refractivity contribution in [3.8, 4) is 5.75 Å². The van der Waals surface area contributed by atoms with Crippen LogP contribution in [0.1, 0.15) is 26.2 Å². The minimum atomic E-state index is 0.0571. The highest BCUT2D eigenvalue weighted by Gasteiger charge is 2.33. The van der Waals surface area contributed by atoms with Crippen LogP contribution in [0.2, 0.25) is 0 Å². The van der Waals surface area contributed by atoms with E-state index in [1.807, 2.05) is 42.2 Å². The molecule has 1 aliphatic carbocycles. The number of carbonyl (C=O) groups is 1. The third-order valence-electron chi connectivity index (χ3n) is 4.09. The molecule has 2 atom stereocenters. The summed E-state index contributed by atoms with van der Waals surface area (Å²) in [5.74, 6) is 1.23. The third-order valence-corrected chi connectivity index (χ3v) is 4.09. The second-order valence-electron chi connectivity index (χ2n) is 5.28. The van der Waals surface area contributed by atoms with E-state index in [4.69, 9.17) is 10.5 Å². The summed E-state index contributed by atoms with van der Waals surface area (Å²) in [4.78, 5) is 14.3. The second-order valence-corrected chi connectivity index (χ2v) is 5.28. The minimum absolute atomic E-state index is 0.0571. The molecule has 0 bridgehead atoms. The number of para-hydroxylation sites is 1. The molecule has 4 nitrogen and oxygen atoms in total. The summed E-state index contributed by atoms with van der Waals surface area (Å²) in [5, 5.41) is 0. The van der Waals surface area contributed by atoms with E-state index in [0.717, 1.165) is 31.6 Å². The van der Waals surface area contributed by atoms with E-state index < -0.39 is 0 Å². The maximum atomic E-state index is 12.4. The average molecular weight is 276 g/mol. The molecule has 2 unspecified atom stereocenters. The maximum absolute atomic E-state index is 12.4. The van der Waals surface area contributed by atoms with Gasteiger partial charge in [0.15, 0.2) is 6.61 Å². The van der Waals surface area contributed by atoms with Crippen LogP contribution in [-0.4, -0.2) is 36.5 Å². The first-order valence-electron chi connectivity index (χ1n) is 7.43. The van der Waals surface area contributed by atoms with Gasteiger partial charge in [0, 0.05) is 12.6 Å². The summed E-state index contributed by atoms with van der Waals surface area (Å²) in [6, 6.07) is 9.75. The molecule has 1 amide bonds. The summed E-state index contributed by atoms with van der Waals surface area (Å²) < 4.78 is 5.56. The zero-order valence-corrected chi connectivity index (χ0v) is 12.1. The van der Waals surface area contributed by atoms with E-state index in [1.165, 1.54) is 0 Å². The van der Waals surface area contributed by atoms with Gasteiger partial charge in [-0.25, -0.2) is 0 Å². The molecule has 0 aromatic heterocycles. The molecule has 110 valence electrons. The first-order chi connectivity index (χ1) is 9.76. The van der Waals surface area contributed by atoms with Crippen LogP contribution in [0.15, 0.2) is 30.3 Å². The molecule has 0 radical (unpaired) electrons. The van der Waals surface area contributed by atoms with Crippen LogP contribution in [0.3, 0.4) is 0 Å². The van der Waals surface area contributed by atoms with Crippen molar-refractivity contribution in [1.29, 1.82) is 0 Å². The SMILES string of the molecule is CCN(C(=O)COc1ccccc1)C1CCCC1CN. The van der Waals surface area contributed by atoms with Gasteiger partial charge in [0.05, 0.1) is 0 Å². The lowest BCUT2D eigenvalue weighted by Crippen LogP contribution is -2.46. The van der Waals surface area contributed by atoms with E-state index in [0.29, 0.717) is 12.5 Å². The lowest BCUT2D eigenvalue weighted by molar-refractivity contribution is -0.136. The predicted molar refractivity (Wildman–Crippen MR) is 79.5 cm³/mol. The number of hydrogen-bond donors (Lipinski definition) is 1. The zero-order valence-electron chi connectivity index (χ0n) is 12.1. The van der Waals surface area contributed by atoms with E-state index in [2.05, 4.69) is 0 Å². The molecule has 0 saturated heterocycles. The van der Waals surface area contributed by atoms with Crippen LogP contribution in [0.5, 0.6) is 5.75 Å². The number of nitrogens with zero attached hydrogens (tertiary/aromatic N) is 1. The lowest BCUT2D eigenvalue weighted by atomic mass is 10.0.